The first-order chi connectivity index (χ1) is 7.25. The van der Waals surface area contributed by atoms with E-state index in [1.807, 2.05) is 31.3 Å². The van der Waals surface area contributed by atoms with E-state index in [9.17, 15) is 4.79 Å². The number of aromatic amines is 1. The summed E-state index contributed by atoms with van der Waals surface area (Å²) in [6.07, 6.45) is 1.74. The van der Waals surface area contributed by atoms with Crippen LogP contribution in [0.1, 0.15) is 0 Å². The smallest absolute Gasteiger partial charge is 0.259 e. The van der Waals surface area contributed by atoms with Crippen LogP contribution in [0, 0.1) is 0 Å². The van der Waals surface area contributed by atoms with Crippen molar-refractivity contribution < 1.29 is 0 Å². The minimum Gasteiger partial charge on any atom is -0.321 e. The lowest BCUT2D eigenvalue weighted by molar-refractivity contribution is 0.780. The van der Waals surface area contributed by atoms with E-state index < -0.39 is 0 Å². The van der Waals surface area contributed by atoms with Gasteiger partial charge in [0, 0.05) is 18.6 Å². The molecule has 3 aromatic rings. The number of fused-ring (bicyclic) bond motifs is 3. The lowest BCUT2D eigenvalue weighted by atomic mass is 10.2. The summed E-state index contributed by atoms with van der Waals surface area (Å²) in [5, 5.41) is 5.91. The molecule has 0 aliphatic carbocycles. The molecule has 1 aromatic carbocycles. The Hall–Kier alpha value is -2.10. The molecule has 0 aliphatic rings. The Labute approximate surface area is 85.1 Å². The van der Waals surface area contributed by atoms with Crippen LogP contribution in [-0.2, 0) is 7.05 Å². The first-order valence-electron chi connectivity index (χ1n) is 4.70. The van der Waals surface area contributed by atoms with Crippen molar-refractivity contribution in [2.24, 2.45) is 7.05 Å². The number of hydrogen-bond acceptors (Lipinski definition) is 2. The predicted molar refractivity (Wildman–Crippen MR) is 58.8 cm³/mol. The summed E-state index contributed by atoms with van der Waals surface area (Å²) in [5.41, 5.74) is 1.50. The molecule has 2 aromatic heterocycles. The van der Waals surface area contributed by atoms with Crippen LogP contribution in [0.25, 0.3) is 21.8 Å². The van der Waals surface area contributed by atoms with Gasteiger partial charge < -0.3 is 4.98 Å². The number of aryl methyl sites for hydroxylation is 1. The van der Waals surface area contributed by atoms with Gasteiger partial charge in [0.1, 0.15) is 5.52 Å². The van der Waals surface area contributed by atoms with E-state index in [-0.39, 0.29) is 5.56 Å². The lowest BCUT2D eigenvalue weighted by Gasteiger charge is -1.96. The molecule has 0 fully saturated rings. The van der Waals surface area contributed by atoms with Crippen molar-refractivity contribution in [2.75, 3.05) is 0 Å². The Morgan fingerprint density at radius 2 is 2.07 bits per heavy atom. The van der Waals surface area contributed by atoms with Crippen molar-refractivity contribution in [3.8, 4) is 0 Å². The average Bonchev–Trinajstić information content (AvgIpc) is 2.61. The zero-order chi connectivity index (χ0) is 10.4. The minimum atomic E-state index is -0.0863. The molecule has 15 heavy (non-hydrogen) atoms. The molecular weight excluding hydrogens is 190 g/mol. The number of para-hydroxylation sites is 1. The number of nitrogens with one attached hydrogen (secondary N) is 1. The molecular formula is C11H9N3O. The van der Waals surface area contributed by atoms with Crippen molar-refractivity contribution in [1.29, 1.82) is 0 Å². The maximum atomic E-state index is 11.7. The fourth-order valence-electron chi connectivity index (χ4n) is 1.84. The van der Waals surface area contributed by atoms with E-state index in [4.69, 9.17) is 0 Å². The molecule has 74 valence electrons. The number of hydrogen-bond donors (Lipinski definition) is 1. The molecule has 0 radical (unpaired) electrons. The van der Waals surface area contributed by atoms with Crippen LogP contribution < -0.4 is 5.56 Å². The fraction of sp³-hybridized carbons (Fsp3) is 0.0909. The zero-order valence-electron chi connectivity index (χ0n) is 8.19. The first-order valence-corrected chi connectivity index (χ1v) is 4.70. The van der Waals surface area contributed by atoms with E-state index in [0.717, 1.165) is 16.4 Å². The van der Waals surface area contributed by atoms with Crippen molar-refractivity contribution >= 4 is 21.8 Å². The second kappa shape index (κ2) is 2.70. The van der Waals surface area contributed by atoms with Gasteiger partial charge in [0.15, 0.2) is 0 Å². The summed E-state index contributed by atoms with van der Waals surface area (Å²) in [6, 6.07) is 7.67. The van der Waals surface area contributed by atoms with Crippen molar-refractivity contribution in [1.82, 2.24) is 14.8 Å². The zero-order valence-corrected chi connectivity index (χ0v) is 8.19. The number of benzene rings is 1. The van der Waals surface area contributed by atoms with Crippen LogP contribution in [0.2, 0.25) is 0 Å². The molecule has 0 unspecified atom stereocenters. The molecule has 0 spiro atoms. The van der Waals surface area contributed by atoms with Gasteiger partial charge in [0.25, 0.3) is 5.56 Å². The van der Waals surface area contributed by atoms with E-state index in [2.05, 4.69) is 10.1 Å². The molecule has 0 atom stereocenters. The molecule has 0 aliphatic heterocycles. The minimum absolute atomic E-state index is 0.0863. The second-order valence-electron chi connectivity index (χ2n) is 3.56. The van der Waals surface area contributed by atoms with Crippen molar-refractivity contribution in [2.45, 2.75) is 0 Å². The second-order valence-corrected chi connectivity index (χ2v) is 3.56. The van der Waals surface area contributed by atoms with Gasteiger partial charge in [-0.1, -0.05) is 18.2 Å². The summed E-state index contributed by atoms with van der Waals surface area (Å²) < 4.78 is 1.66. The highest BCUT2D eigenvalue weighted by Gasteiger charge is 2.07. The van der Waals surface area contributed by atoms with Gasteiger partial charge in [-0.25, -0.2) is 0 Å². The molecule has 0 saturated carbocycles. The van der Waals surface area contributed by atoms with Crippen molar-refractivity contribution in [3.05, 3.63) is 40.8 Å². The van der Waals surface area contributed by atoms with Crippen LogP contribution in [-0.4, -0.2) is 14.8 Å². The molecule has 1 N–H and O–H groups in total. The Morgan fingerprint density at radius 3 is 2.93 bits per heavy atom. The quantitative estimate of drug-likeness (QED) is 0.595. The van der Waals surface area contributed by atoms with Crippen LogP contribution >= 0.6 is 0 Å². The summed E-state index contributed by atoms with van der Waals surface area (Å²) in [5.74, 6) is 0. The molecule has 0 saturated heterocycles. The fourth-order valence-corrected chi connectivity index (χ4v) is 1.84. The molecule has 3 rings (SSSR count). The van der Waals surface area contributed by atoms with Gasteiger partial charge in [0.05, 0.1) is 10.9 Å². The average molecular weight is 199 g/mol. The maximum Gasteiger partial charge on any atom is 0.259 e. The van der Waals surface area contributed by atoms with Gasteiger partial charge >= 0.3 is 0 Å². The van der Waals surface area contributed by atoms with Crippen molar-refractivity contribution in [3.63, 3.8) is 0 Å². The normalized spacial score (nSPS) is 11.3. The largest absolute Gasteiger partial charge is 0.321 e. The third-order valence-corrected chi connectivity index (χ3v) is 2.50. The van der Waals surface area contributed by atoms with Gasteiger partial charge in [-0.15, -0.1) is 0 Å². The van der Waals surface area contributed by atoms with Gasteiger partial charge in [-0.3, -0.25) is 9.48 Å². The number of H-pyrrole nitrogens is 1. The molecule has 0 amide bonds. The number of rotatable bonds is 0. The summed E-state index contributed by atoms with van der Waals surface area (Å²) in [7, 11) is 1.81. The first kappa shape index (κ1) is 8.23. The summed E-state index contributed by atoms with van der Waals surface area (Å²) in [6.45, 7) is 0. The SMILES string of the molecule is Cn1cc2c(=O)[nH]c3ccccc3c2n1. The topological polar surface area (TPSA) is 50.7 Å². The highest BCUT2D eigenvalue weighted by atomic mass is 16.1. The van der Waals surface area contributed by atoms with Crippen LogP contribution in [0.4, 0.5) is 0 Å². The van der Waals surface area contributed by atoms with Crippen LogP contribution in [0.3, 0.4) is 0 Å². The van der Waals surface area contributed by atoms with E-state index in [1.54, 1.807) is 10.9 Å². The van der Waals surface area contributed by atoms with Gasteiger partial charge in [0.2, 0.25) is 0 Å². The molecule has 4 nitrogen and oxygen atoms in total. The molecule has 4 heteroatoms. The standard InChI is InChI=1S/C11H9N3O/c1-14-6-8-10(13-14)7-4-2-3-5-9(7)12-11(8)15/h2-6H,1H3,(H,12,15). The predicted octanol–water partition coefficient (Wildman–Crippen LogP) is 1.41. The van der Waals surface area contributed by atoms with E-state index in [1.165, 1.54) is 0 Å². The highest BCUT2D eigenvalue weighted by Crippen LogP contribution is 2.18. The Kier molecular flexibility index (Phi) is 1.48. The highest BCUT2D eigenvalue weighted by molar-refractivity contribution is 6.02. The number of nitrogens with zero attached hydrogens (tertiary/aromatic N) is 2. The molecule has 2 heterocycles. The number of aromatic nitrogens is 3. The maximum absolute atomic E-state index is 11.7. The summed E-state index contributed by atoms with van der Waals surface area (Å²) in [4.78, 5) is 14.5. The number of pyridine rings is 1. The lowest BCUT2D eigenvalue weighted by Crippen LogP contribution is -2.04. The Bertz CT molecular complexity index is 708. The van der Waals surface area contributed by atoms with Gasteiger partial charge in [-0.2, -0.15) is 5.10 Å². The monoisotopic (exact) mass is 199 g/mol. The van der Waals surface area contributed by atoms with E-state index >= 15 is 0 Å². The Morgan fingerprint density at radius 1 is 1.27 bits per heavy atom. The summed E-state index contributed by atoms with van der Waals surface area (Å²) >= 11 is 0. The van der Waals surface area contributed by atoms with Crippen LogP contribution in [0.5, 0.6) is 0 Å². The third-order valence-electron chi connectivity index (χ3n) is 2.50. The molecule has 0 bridgehead atoms. The third kappa shape index (κ3) is 1.08. The van der Waals surface area contributed by atoms with E-state index in [0.29, 0.717) is 5.39 Å². The van der Waals surface area contributed by atoms with Crippen LogP contribution in [0.15, 0.2) is 35.3 Å². The Balaban J connectivity index is 2.69. The van der Waals surface area contributed by atoms with Gasteiger partial charge in [-0.05, 0) is 6.07 Å².